The van der Waals surface area contributed by atoms with Crippen LogP contribution in [0.25, 0.3) is 0 Å². The number of nitrogens with two attached hydrogens (primary N) is 1. The Labute approximate surface area is 161 Å². The van der Waals surface area contributed by atoms with Crippen LogP contribution in [-0.2, 0) is 11.2 Å². The molecule has 2 N–H and O–H groups in total. The van der Waals surface area contributed by atoms with Crippen molar-refractivity contribution >= 4 is 11.8 Å². The summed E-state index contributed by atoms with van der Waals surface area (Å²) in [4.78, 5) is 25.9. The van der Waals surface area contributed by atoms with Gasteiger partial charge in [-0.2, -0.15) is 0 Å². The van der Waals surface area contributed by atoms with Crippen molar-refractivity contribution in [2.24, 2.45) is 5.73 Å². The number of carbonyl (C=O) groups is 2. The van der Waals surface area contributed by atoms with Gasteiger partial charge < -0.3 is 15.4 Å². The van der Waals surface area contributed by atoms with Gasteiger partial charge in [0.15, 0.2) is 0 Å². The van der Waals surface area contributed by atoms with E-state index < -0.39 is 5.91 Å². The fourth-order valence-corrected chi connectivity index (χ4v) is 2.70. The Morgan fingerprint density at radius 2 is 1.81 bits per heavy atom. The maximum absolute atomic E-state index is 13.0. The van der Waals surface area contributed by atoms with Crippen LogP contribution in [0.1, 0.15) is 42.1 Å². The van der Waals surface area contributed by atoms with Gasteiger partial charge in [-0.3, -0.25) is 9.59 Å². The zero-order valence-corrected chi connectivity index (χ0v) is 15.9. The van der Waals surface area contributed by atoms with E-state index in [9.17, 15) is 9.59 Å². The van der Waals surface area contributed by atoms with Crippen molar-refractivity contribution in [3.63, 3.8) is 0 Å². The van der Waals surface area contributed by atoms with Crippen LogP contribution in [-0.4, -0.2) is 36.4 Å². The molecule has 0 saturated carbocycles. The third-order valence-corrected chi connectivity index (χ3v) is 4.28. The molecule has 0 fully saturated rings. The summed E-state index contributed by atoms with van der Waals surface area (Å²) >= 11 is 0. The molecule has 0 aromatic heterocycles. The second-order valence-corrected chi connectivity index (χ2v) is 6.47. The third-order valence-electron chi connectivity index (χ3n) is 4.28. The lowest BCUT2D eigenvalue weighted by molar-refractivity contribution is -0.118. The van der Waals surface area contributed by atoms with E-state index in [0.717, 1.165) is 24.8 Å². The number of unbranched alkanes of at least 4 members (excludes halogenated alkanes) is 1. The minimum atomic E-state index is -0.413. The highest BCUT2D eigenvalue weighted by molar-refractivity contribution is 5.94. The average Bonchev–Trinajstić information content (AvgIpc) is 2.68. The summed E-state index contributed by atoms with van der Waals surface area (Å²) in [7, 11) is 0. The fraction of sp³-hybridized carbons (Fsp3) is 0.364. The smallest absolute Gasteiger partial charge is 0.254 e. The molecule has 0 bridgehead atoms. The van der Waals surface area contributed by atoms with Crippen molar-refractivity contribution in [3.8, 4) is 5.75 Å². The Bertz CT molecular complexity index is 731. The molecule has 5 nitrogen and oxygen atoms in total. The Balaban J connectivity index is 2.07. The Hall–Kier alpha value is -2.82. The van der Waals surface area contributed by atoms with Crippen LogP contribution in [0.5, 0.6) is 5.75 Å². The minimum Gasteiger partial charge on any atom is -0.494 e. The largest absolute Gasteiger partial charge is 0.494 e. The second-order valence-electron chi connectivity index (χ2n) is 6.47. The number of benzene rings is 2. The third kappa shape index (κ3) is 7.13. The molecule has 2 aromatic carbocycles. The van der Waals surface area contributed by atoms with Crippen molar-refractivity contribution in [1.82, 2.24) is 4.90 Å². The van der Waals surface area contributed by atoms with Crippen LogP contribution in [0, 0.1) is 0 Å². The average molecular weight is 368 g/mol. The predicted molar refractivity (Wildman–Crippen MR) is 107 cm³/mol. The van der Waals surface area contributed by atoms with E-state index >= 15 is 0 Å². The number of hydrogen-bond acceptors (Lipinski definition) is 3. The number of ether oxygens (including phenoxy) is 1. The lowest BCUT2D eigenvalue weighted by Crippen LogP contribution is -2.35. The molecule has 144 valence electrons. The second kappa shape index (κ2) is 11.0. The van der Waals surface area contributed by atoms with Gasteiger partial charge in [0.2, 0.25) is 5.91 Å². The minimum absolute atomic E-state index is 0.117. The first-order valence-corrected chi connectivity index (χ1v) is 9.44. The van der Waals surface area contributed by atoms with Crippen LogP contribution >= 0.6 is 0 Å². The molecule has 0 aliphatic carbocycles. The highest BCUT2D eigenvalue weighted by Gasteiger charge is 2.17. The Morgan fingerprint density at radius 3 is 2.52 bits per heavy atom. The summed E-state index contributed by atoms with van der Waals surface area (Å²) in [5.74, 6) is 0.157. The number of amides is 2. The van der Waals surface area contributed by atoms with E-state index in [0.29, 0.717) is 31.0 Å². The van der Waals surface area contributed by atoms with Crippen LogP contribution < -0.4 is 10.5 Å². The van der Waals surface area contributed by atoms with Gasteiger partial charge >= 0.3 is 0 Å². The van der Waals surface area contributed by atoms with E-state index in [1.807, 2.05) is 42.5 Å². The molecule has 0 heterocycles. The molecule has 0 spiro atoms. The highest BCUT2D eigenvalue weighted by Crippen LogP contribution is 2.16. The van der Waals surface area contributed by atoms with Gasteiger partial charge in [-0.25, -0.2) is 0 Å². The SMILES string of the molecule is CCCCOc1cccc(C(=O)N(CCC(N)=O)CCc2ccccc2)c1. The van der Waals surface area contributed by atoms with Crippen LogP contribution in [0.4, 0.5) is 0 Å². The van der Waals surface area contributed by atoms with E-state index in [1.54, 1.807) is 17.0 Å². The summed E-state index contributed by atoms with van der Waals surface area (Å²) in [5.41, 5.74) is 6.98. The highest BCUT2D eigenvalue weighted by atomic mass is 16.5. The van der Waals surface area contributed by atoms with Gasteiger partial charge in [0, 0.05) is 25.1 Å². The van der Waals surface area contributed by atoms with Gasteiger partial charge in [0.05, 0.1) is 6.61 Å². The summed E-state index contributed by atoms with van der Waals surface area (Å²) in [6, 6.07) is 17.2. The van der Waals surface area contributed by atoms with E-state index in [-0.39, 0.29) is 12.3 Å². The number of hydrogen-bond donors (Lipinski definition) is 1. The van der Waals surface area contributed by atoms with Gasteiger partial charge in [-0.15, -0.1) is 0 Å². The van der Waals surface area contributed by atoms with Crippen molar-refractivity contribution in [2.45, 2.75) is 32.6 Å². The lowest BCUT2D eigenvalue weighted by atomic mass is 10.1. The van der Waals surface area contributed by atoms with Gasteiger partial charge in [0.1, 0.15) is 5.75 Å². The molecule has 27 heavy (non-hydrogen) atoms. The first kappa shape index (κ1) is 20.5. The monoisotopic (exact) mass is 368 g/mol. The van der Waals surface area contributed by atoms with E-state index in [2.05, 4.69) is 6.92 Å². The molecule has 0 saturated heterocycles. The topological polar surface area (TPSA) is 72.6 Å². The van der Waals surface area contributed by atoms with Crippen LogP contribution in [0.15, 0.2) is 54.6 Å². The predicted octanol–water partition coefficient (Wildman–Crippen LogP) is 3.43. The van der Waals surface area contributed by atoms with Crippen molar-refractivity contribution in [3.05, 3.63) is 65.7 Å². The van der Waals surface area contributed by atoms with Crippen LogP contribution in [0.3, 0.4) is 0 Å². The first-order valence-electron chi connectivity index (χ1n) is 9.44. The standard InChI is InChI=1S/C22H28N2O3/c1-2-3-16-27-20-11-7-10-19(17-20)22(26)24(15-13-21(23)25)14-12-18-8-5-4-6-9-18/h4-11,17H,2-3,12-16H2,1H3,(H2,23,25). The number of rotatable bonds is 11. The molecule has 0 aliphatic rings. The summed E-state index contributed by atoms with van der Waals surface area (Å²) in [6.45, 7) is 3.57. The molecule has 0 radical (unpaired) electrons. The van der Waals surface area contributed by atoms with E-state index in [1.165, 1.54) is 0 Å². The lowest BCUT2D eigenvalue weighted by Gasteiger charge is -2.22. The molecule has 5 heteroatoms. The molecule has 0 atom stereocenters. The molecular weight excluding hydrogens is 340 g/mol. The van der Waals surface area contributed by atoms with Crippen molar-refractivity contribution in [1.29, 1.82) is 0 Å². The van der Waals surface area contributed by atoms with Gasteiger partial charge in [0.25, 0.3) is 5.91 Å². The van der Waals surface area contributed by atoms with Crippen molar-refractivity contribution in [2.75, 3.05) is 19.7 Å². The zero-order chi connectivity index (χ0) is 19.5. The van der Waals surface area contributed by atoms with Crippen molar-refractivity contribution < 1.29 is 14.3 Å². The molecule has 0 aliphatic heterocycles. The Morgan fingerprint density at radius 1 is 1.04 bits per heavy atom. The molecule has 0 unspecified atom stereocenters. The molecular formula is C22H28N2O3. The van der Waals surface area contributed by atoms with Crippen LogP contribution in [0.2, 0.25) is 0 Å². The Kier molecular flexibility index (Phi) is 8.36. The quantitative estimate of drug-likeness (QED) is 0.618. The number of nitrogens with zero attached hydrogens (tertiary/aromatic N) is 1. The number of carbonyl (C=O) groups excluding carboxylic acids is 2. The van der Waals surface area contributed by atoms with Gasteiger partial charge in [-0.1, -0.05) is 49.7 Å². The maximum Gasteiger partial charge on any atom is 0.254 e. The van der Waals surface area contributed by atoms with Gasteiger partial charge in [-0.05, 0) is 36.6 Å². The normalized spacial score (nSPS) is 10.4. The number of primary amides is 1. The maximum atomic E-state index is 13.0. The zero-order valence-electron chi connectivity index (χ0n) is 15.9. The summed E-state index contributed by atoms with van der Waals surface area (Å²) in [5, 5.41) is 0. The fourth-order valence-electron chi connectivity index (χ4n) is 2.70. The summed E-state index contributed by atoms with van der Waals surface area (Å²) < 4.78 is 5.70. The van der Waals surface area contributed by atoms with E-state index in [4.69, 9.17) is 10.5 Å². The first-order chi connectivity index (χ1) is 13.1. The summed E-state index contributed by atoms with van der Waals surface area (Å²) in [6.07, 6.45) is 2.89. The molecule has 2 rings (SSSR count). The molecule has 2 amide bonds. The molecule has 2 aromatic rings.